The number of hydrogen-bond donors (Lipinski definition) is 1. The smallest absolute Gasteiger partial charge is 0.411 e. The number of thioether (sulfide) groups is 1. The third kappa shape index (κ3) is 4.54. The van der Waals surface area contributed by atoms with E-state index in [1.807, 2.05) is 0 Å². The van der Waals surface area contributed by atoms with Crippen LogP contribution in [0, 0.1) is 5.82 Å². The van der Waals surface area contributed by atoms with Gasteiger partial charge in [0.05, 0.1) is 5.75 Å². The molecule has 3 rings (SSSR count). The zero-order valence-corrected chi connectivity index (χ0v) is 14.1. The number of amides is 1. The summed E-state index contributed by atoms with van der Waals surface area (Å²) in [4.78, 5) is 11.8. The molecule has 0 saturated heterocycles. The molecular weight excluding hydrogens is 398 g/mol. The number of halogens is 4. The fourth-order valence-corrected chi connectivity index (χ4v) is 2.84. The molecule has 0 saturated carbocycles. The van der Waals surface area contributed by atoms with Crippen molar-refractivity contribution < 1.29 is 26.8 Å². The molecule has 1 N–H and O–H groups in total. The molecule has 2 heterocycles. The van der Waals surface area contributed by atoms with Crippen molar-refractivity contribution in [1.82, 2.24) is 20.4 Å². The summed E-state index contributed by atoms with van der Waals surface area (Å²) in [6, 6.07) is 5.38. The van der Waals surface area contributed by atoms with Crippen LogP contribution in [-0.2, 0) is 11.0 Å². The molecule has 3 aromatic rings. The van der Waals surface area contributed by atoms with Gasteiger partial charge < -0.3 is 4.42 Å². The monoisotopic (exact) mass is 405 g/mol. The van der Waals surface area contributed by atoms with Crippen molar-refractivity contribution in [3.63, 3.8) is 0 Å². The van der Waals surface area contributed by atoms with Crippen LogP contribution in [0.5, 0.6) is 0 Å². The summed E-state index contributed by atoms with van der Waals surface area (Å²) in [5.74, 6) is -1.07. The van der Waals surface area contributed by atoms with Crippen LogP contribution in [0.15, 0.2) is 33.9 Å². The first-order chi connectivity index (χ1) is 12.3. The molecule has 0 fully saturated rings. The van der Waals surface area contributed by atoms with Crippen molar-refractivity contribution >= 4 is 34.1 Å². The van der Waals surface area contributed by atoms with E-state index in [0.29, 0.717) is 5.56 Å². The second-order valence-electron chi connectivity index (χ2n) is 4.63. The van der Waals surface area contributed by atoms with E-state index < -0.39 is 22.9 Å². The van der Waals surface area contributed by atoms with E-state index in [4.69, 9.17) is 4.42 Å². The van der Waals surface area contributed by atoms with Gasteiger partial charge in [-0.2, -0.15) is 13.2 Å². The molecule has 26 heavy (non-hydrogen) atoms. The Morgan fingerprint density at radius 2 is 1.88 bits per heavy atom. The van der Waals surface area contributed by atoms with E-state index in [0.717, 1.165) is 11.8 Å². The number of hydrogen-bond acceptors (Lipinski definition) is 8. The van der Waals surface area contributed by atoms with E-state index in [2.05, 4.69) is 25.7 Å². The largest absolute Gasteiger partial charge is 0.445 e. The third-order valence-electron chi connectivity index (χ3n) is 2.74. The average molecular weight is 405 g/mol. The van der Waals surface area contributed by atoms with Crippen molar-refractivity contribution in [3.8, 4) is 11.5 Å². The Bertz CT molecular complexity index is 910. The summed E-state index contributed by atoms with van der Waals surface area (Å²) in [7, 11) is 0. The van der Waals surface area contributed by atoms with Gasteiger partial charge in [0.1, 0.15) is 5.82 Å². The first-order valence-electron chi connectivity index (χ1n) is 6.74. The molecule has 0 aliphatic rings. The van der Waals surface area contributed by atoms with Crippen LogP contribution in [0.4, 0.5) is 22.7 Å². The zero-order valence-electron chi connectivity index (χ0n) is 12.5. The summed E-state index contributed by atoms with van der Waals surface area (Å²) < 4.78 is 55.4. The molecular formula is C13H7F4N5O2S2. The average Bonchev–Trinajstić information content (AvgIpc) is 3.22. The van der Waals surface area contributed by atoms with E-state index in [1.165, 1.54) is 24.3 Å². The zero-order chi connectivity index (χ0) is 18.7. The van der Waals surface area contributed by atoms with Gasteiger partial charge in [0.25, 0.3) is 5.22 Å². The minimum absolute atomic E-state index is 0.0766. The Hall–Kier alpha value is -2.54. The molecule has 1 aromatic carbocycles. The lowest BCUT2D eigenvalue weighted by Crippen LogP contribution is -2.13. The molecule has 0 unspecified atom stereocenters. The van der Waals surface area contributed by atoms with Gasteiger partial charge >= 0.3 is 6.18 Å². The number of carbonyl (C=O) groups is 1. The van der Waals surface area contributed by atoms with Gasteiger partial charge in [-0.3, -0.25) is 10.1 Å². The topological polar surface area (TPSA) is 93.8 Å². The van der Waals surface area contributed by atoms with Crippen molar-refractivity contribution in [2.45, 2.75) is 11.4 Å². The molecule has 0 aliphatic carbocycles. The summed E-state index contributed by atoms with van der Waals surface area (Å²) in [5.41, 5.74) is 0.503. The maximum atomic E-state index is 12.9. The highest BCUT2D eigenvalue weighted by molar-refractivity contribution is 7.99. The lowest BCUT2D eigenvalue weighted by molar-refractivity contribution is -0.138. The highest BCUT2D eigenvalue weighted by atomic mass is 32.2. The molecule has 0 bridgehead atoms. The number of benzene rings is 1. The first kappa shape index (κ1) is 18.3. The van der Waals surface area contributed by atoms with Gasteiger partial charge in [0, 0.05) is 5.56 Å². The lowest BCUT2D eigenvalue weighted by Gasteiger charge is -1.99. The Balaban J connectivity index is 1.55. The van der Waals surface area contributed by atoms with Crippen LogP contribution in [0.25, 0.3) is 11.5 Å². The minimum Gasteiger partial charge on any atom is -0.411 e. The Kier molecular flexibility index (Phi) is 5.18. The fourth-order valence-electron chi connectivity index (χ4n) is 1.65. The van der Waals surface area contributed by atoms with Gasteiger partial charge in [0.15, 0.2) is 0 Å². The summed E-state index contributed by atoms with van der Waals surface area (Å²) in [6.07, 6.45) is -4.62. The fraction of sp³-hybridized carbons (Fsp3) is 0.154. The number of nitrogens with one attached hydrogen (secondary N) is 1. The number of anilines is 1. The van der Waals surface area contributed by atoms with Crippen molar-refractivity contribution in [1.29, 1.82) is 0 Å². The van der Waals surface area contributed by atoms with Gasteiger partial charge in [-0.05, 0) is 24.3 Å². The van der Waals surface area contributed by atoms with Crippen LogP contribution >= 0.6 is 23.1 Å². The van der Waals surface area contributed by atoms with Crippen LogP contribution in [0.2, 0.25) is 0 Å². The SMILES string of the molecule is O=C(CSc1nnc(-c2ccc(F)cc2)o1)Nc1nnc(C(F)(F)F)s1. The summed E-state index contributed by atoms with van der Waals surface area (Å²) in [6.45, 7) is 0. The van der Waals surface area contributed by atoms with Gasteiger partial charge in [-0.1, -0.05) is 23.1 Å². The Labute approximate surface area is 150 Å². The molecule has 2 aromatic heterocycles. The maximum Gasteiger partial charge on any atom is 0.445 e. The predicted molar refractivity (Wildman–Crippen MR) is 84.0 cm³/mol. The normalized spacial score (nSPS) is 11.5. The summed E-state index contributed by atoms with van der Waals surface area (Å²) in [5, 5.41) is 14.6. The van der Waals surface area contributed by atoms with Crippen molar-refractivity contribution in [2.24, 2.45) is 0 Å². The lowest BCUT2D eigenvalue weighted by atomic mass is 10.2. The molecule has 0 spiro atoms. The molecule has 0 radical (unpaired) electrons. The van der Waals surface area contributed by atoms with Crippen molar-refractivity contribution in [2.75, 3.05) is 11.1 Å². The number of nitrogens with zero attached hydrogens (tertiary/aromatic N) is 4. The number of alkyl halides is 3. The Morgan fingerprint density at radius 3 is 2.54 bits per heavy atom. The standard InChI is InChI=1S/C13H7F4N5O2S2/c14-7-3-1-6(2-4-7)9-19-22-12(24-9)25-5-8(23)18-11-21-20-10(26-11)13(15,16)17/h1-4H,5H2,(H,18,21,23). The van der Waals surface area contributed by atoms with Gasteiger partial charge in [0.2, 0.25) is 21.9 Å². The van der Waals surface area contributed by atoms with E-state index >= 15 is 0 Å². The predicted octanol–water partition coefficient (Wildman–Crippen LogP) is 3.48. The third-order valence-corrected chi connectivity index (χ3v) is 4.44. The van der Waals surface area contributed by atoms with Crippen molar-refractivity contribution in [3.05, 3.63) is 35.1 Å². The van der Waals surface area contributed by atoms with Crippen LogP contribution in [0.3, 0.4) is 0 Å². The molecule has 136 valence electrons. The van der Waals surface area contributed by atoms with Crippen LogP contribution < -0.4 is 5.32 Å². The van der Waals surface area contributed by atoms with E-state index in [-0.39, 0.29) is 33.3 Å². The molecule has 13 heteroatoms. The second-order valence-corrected chi connectivity index (χ2v) is 6.53. The summed E-state index contributed by atoms with van der Waals surface area (Å²) >= 11 is 1.11. The van der Waals surface area contributed by atoms with Crippen LogP contribution in [-0.4, -0.2) is 32.1 Å². The maximum absolute atomic E-state index is 12.9. The quantitative estimate of drug-likeness (QED) is 0.513. The molecule has 0 aliphatic heterocycles. The van der Waals surface area contributed by atoms with E-state index in [9.17, 15) is 22.4 Å². The highest BCUT2D eigenvalue weighted by Gasteiger charge is 2.35. The second kappa shape index (κ2) is 7.37. The van der Waals surface area contributed by atoms with Gasteiger partial charge in [-0.25, -0.2) is 4.39 Å². The number of rotatable bonds is 5. The first-order valence-corrected chi connectivity index (χ1v) is 8.54. The van der Waals surface area contributed by atoms with Gasteiger partial charge in [-0.15, -0.1) is 20.4 Å². The minimum atomic E-state index is -4.62. The molecule has 0 atom stereocenters. The van der Waals surface area contributed by atoms with E-state index in [1.54, 1.807) is 0 Å². The molecule has 7 nitrogen and oxygen atoms in total. The number of aromatic nitrogens is 4. The van der Waals surface area contributed by atoms with Crippen LogP contribution in [0.1, 0.15) is 5.01 Å². The highest BCUT2D eigenvalue weighted by Crippen LogP contribution is 2.33. The molecule has 1 amide bonds. The number of carbonyl (C=O) groups excluding carboxylic acids is 1. The Morgan fingerprint density at radius 1 is 1.15 bits per heavy atom.